The van der Waals surface area contributed by atoms with Crippen molar-refractivity contribution in [1.82, 2.24) is 4.98 Å². The highest BCUT2D eigenvalue weighted by Gasteiger charge is 2.09. The minimum atomic E-state index is -0.254. The topological polar surface area (TPSA) is 60.5 Å². The van der Waals surface area contributed by atoms with E-state index in [-0.39, 0.29) is 12.5 Å². The van der Waals surface area contributed by atoms with Crippen molar-refractivity contribution in [3.05, 3.63) is 46.9 Å². The Morgan fingerprint density at radius 2 is 2.13 bits per heavy atom. The third-order valence-corrected chi connectivity index (χ3v) is 4.43. The lowest BCUT2D eigenvalue weighted by atomic mass is 10.3. The van der Waals surface area contributed by atoms with Crippen molar-refractivity contribution < 1.29 is 14.3 Å². The van der Waals surface area contributed by atoms with Gasteiger partial charge in [0.05, 0.1) is 17.3 Å². The number of benzene rings is 2. The van der Waals surface area contributed by atoms with Crippen molar-refractivity contribution in [3.63, 3.8) is 0 Å². The van der Waals surface area contributed by atoms with Gasteiger partial charge in [-0.3, -0.25) is 10.1 Å². The van der Waals surface area contributed by atoms with Gasteiger partial charge in [0.1, 0.15) is 11.5 Å². The molecule has 0 fully saturated rings. The number of anilines is 1. The van der Waals surface area contributed by atoms with Gasteiger partial charge in [-0.1, -0.05) is 33.3 Å². The molecule has 0 aliphatic rings. The summed E-state index contributed by atoms with van der Waals surface area (Å²) in [6.45, 7) is -0.0737. The molecule has 3 aromatic rings. The molecular formula is C16H13BrN2O3S. The first-order valence-electron chi connectivity index (χ1n) is 6.77. The summed E-state index contributed by atoms with van der Waals surface area (Å²) < 4.78 is 12.5. The van der Waals surface area contributed by atoms with Crippen LogP contribution in [0.2, 0.25) is 0 Å². The van der Waals surface area contributed by atoms with E-state index in [9.17, 15) is 4.79 Å². The molecule has 0 unspecified atom stereocenters. The van der Waals surface area contributed by atoms with Crippen LogP contribution >= 0.6 is 27.3 Å². The molecule has 1 aromatic heterocycles. The average Bonchev–Trinajstić information content (AvgIpc) is 2.94. The molecule has 0 atom stereocenters. The van der Waals surface area contributed by atoms with E-state index in [1.54, 1.807) is 19.2 Å². The van der Waals surface area contributed by atoms with Crippen molar-refractivity contribution in [2.24, 2.45) is 0 Å². The Bertz CT molecular complexity index is 850. The third-order valence-electron chi connectivity index (χ3n) is 3.01. The van der Waals surface area contributed by atoms with Crippen LogP contribution in [0.1, 0.15) is 0 Å². The summed E-state index contributed by atoms with van der Waals surface area (Å²) in [5.41, 5.74) is 0.819. The van der Waals surface area contributed by atoms with Crippen molar-refractivity contribution in [2.45, 2.75) is 0 Å². The molecule has 1 amide bonds. The summed E-state index contributed by atoms with van der Waals surface area (Å²) in [5, 5.41) is 3.28. The number of aromatic nitrogens is 1. The zero-order chi connectivity index (χ0) is 16.2. The Hall–Kier alpha value is -2.12. The molecule has 0 aliphatic carbocycles. The Morgan fingerprint density at radius 1 is 1.26 bits per heavy atom. The zero-order valence-corrected chi connectivity index (χ0v) is 14.6. The van der Waals surface area contributed by atoms with E-state index < -0.39 is 0 Å². The SMILES string of the molecule is COc1ccc2nc(NC(=O)COc3cccc(Br)c3)sc2c1. The number of carbonyl (C=O) groups excluding carboxylic acids is 1. The van der Waals surface area contributed by atoms with Gasteiger partial charge < -0.3 is 9.47 Å². The van der Waals surface area contributed by atoms with Crippen LogP contribution in [0.3, 0.4) is 0 Å². The highest BCUT2D eigenvalue weighted by molar-refractivity contribution is 9.10. The molecule has 5 nitrogen and oxygen atoms in total. The molecule has 3 rings (SSSR count). The van der Waals surface area contributed by atoms with E-state index in [4.69, 9.17) is 9.47 Å². The predicted molar refractivity (Wildman–Crippen MR) is 94.4 cm³/mol. The second-order valence-corrected chi connectivity index (χ2v) is 6.59. The maximum Gasteiger partial charge on any atom is 0.264 e. The first kappa shape index (κ1) is 15.8. The largest absolute Gasteiger partial charge is 0.497 e. The van der Waals surface area contributed by atoms with Gasteiger partial charge in [-0.25, -0.2) is 4.98 Å². The fourth-order valence-electron chi connectivity index (χ4n) is 1.95. The van der Waals surface area contributed by atoms with E-state index in [0.29, 0.717) is 10.9 Å². The van der Waals surface area contributed by atoms with E-state index in [1.807, 2.05) is 30.3 Å². The lowest BCUT2D eigenvalue weighted by molar-refractivity contribution is -0.118. The van der Waals surface area contributed by atoms with E-state index >= 15 is 0 Å². The van der Waals surface area contributed by atoms with Gasteiger partial charge in [-0.15, -0.1) is 0 Å². The minimum Gasteiger partial charge on any atom is -0.497 e. The first-order valence-corrected chi connectivity index (χ1v) is 8.38. The Labute approximate surface area is 145 Å². The van der Waals surface area contributed by atoms with Crippen LogP contribution in [0.4, 0.5) is 5.13 Å². The molecule has 1 heterocycles. The van der Waals surface area contributed by atoms with Crippen LogP contribution in [0.5, 0.6) is 11.5 Å². The van der Waals surface area contributed by atoms with E-state index in [1.165, 1.54) is 11.3 Å². The second-order valence-electron chi connectivity index (χ2n) is 4.65. The molecular weight excluding hydrogens is 380 g/mol. The number of nitrogens with one attached hydrogen (secondary N) is 1. The summed E-state index contributed by atoms with van der Waals surface area (Å²) in [7, 11) is 1.62. The van der Waals surface area contributed by atoms with Crippen molar-refractivity contribution in [2.75, 3.05) is 19.0 Å². The van der Waals surface area contributed by atoms with Crippen molar-refractivity contribution >= 4 is 48.5 Å². The highest BCUT2D eigenvalue weighted by atomic mass is 79.9. The van der Waals surface area contributed by atoms with Gasteiger partial charge >= 0.3 is 0 Å². The van der Waals surface area contributed by atoms with Gasteiger partial charge in [0.25, 0.3) is 5.91 Å². The standard InChI is InChI=1S/C16H13BrN2O3S/c1-21-11-5-6-13-14(8-11)23-16(18-13)19-15(20)9-22-12-4-2-3-10(17)7-12/h2-8H,9H2,1H3,(H,18,19,20). The fourth-order valence-corrected chi connectivity index (χ4v) is 3.24. The molecule has 0 saturated heterocycles. The minimum absolute atomic E-state index is 0.0737. The quantitative estimate of drug-likeness (QED) is 0.710. The van der Waals surface area contributed by atoms with Gasteiger partial charge in [0.2, 0.25) is 0 Å². The molecule has 0 radical (unpaired) electrons. The lowest BCUT2D eigenvalue weighted by Gasteiger charge is -2.05. The molecule has 1 N–H and O–H groups in total. The molecule has 0 spiro atoms. The number of methoxy groups -OCH3 is 1. The summed E-state index contributed by atoms with van der Waals surface area (Å²) in [6, 6.07) is 12.9. The Morgan fingerprint density at radius 3 is 2.91 bits per heavy atom. The second kappa shape index (κ2) is 6.97. The van der Waals surface area contributed by atoms with Crippen LogP contribution in [-0.4, -0.2) is 24.6 Å². The van der Waals surface area contributed by atoms with Crippen LogP contribution < -0.4 is 14.8 Å². The van der Waals surface area contributed by atoms with Gasteiger partial charge in [0, 0.05) is 4.47 Å². The number of thiazole rings is 1. The molecule has 7 heteroatoms. The van der Waals surface area contributed by atoms with Gasteiger partial charge in [-0.05, 0) is 36.4 Å². The number of amides is 1. The monoisotopic (exact) mass is 392 g/mol. The van der Waals surface area contributed by atoms with Crippen LogP contribution in [0.25, 0.3) is 10.2 Å². The van der Waals surface area contributed by atoms with Gasteiger partial charge in [0.15, 0.2) is 11.7 Å². The molecule has 2 aromatic carbocycles. The number of halogens is 1. The van der Waals surface area contributed by atoms with Crippen molar-refractivity contribution in [3.8, 4) is 11.5 Å². The van der Waals surface area contributed by atoms with E-state index in [0.717, 1.165) is 20.4 Å². The Balaban J connectivity index is 1.63. The summed E-state index contributed by atoms with van der Waals surface area (Å²) in [6.07, 6.45) is 0. The third kappa shape index (κ3) is 4.00. The molecule has 118 valence electrons. The smallest absolute Gasteiger partial charge is 0.264 e. The highest BCUT2D eigenvalue weighted by Crippen LogP contribution is 2.29. The van der Waals surface area contributed by atoms with Crippen LogP contribution in [0, 0.1) is 0 Å². The van der Waals surface area contributed by atoms with Crippen molar-refractivity contribution in [1.29, 1.82) is 0 Å². The average molecular weight is 393 g/mol. The van der Waals surface area contributed by atoms with Gasteiger partial charge in [-0.2, -0.15) is 0 Å². The lowest BCUT2D eigenvalue weighted by Crippen LogP contribution is -2.19. The summed E-state index contributed by atoms with van der Waals surface area (Å²) >= 11 is 4.75. The number of hydrogen-bond acceptors (Lipinski definition) is 5. The maximum absolute atomic E-state index is 12.0. The molecule has 0 saturated carbocycles. The fraction of sp³-hybridized carbons (Fsp3) is 0.125. The molecule has 23 heavy (non-hydrogen) atoms. The number of rotatable bonds is 5. The predicted octanol–water partition coefficient (Wildman–Crippen LogP) is 4.08. The van der Waals surface area contributed by atoms with Crippen LogP contribution in [0.15, 0.2) is 46.9 Å². The van der Waals surface area contributed by atoms with E-state index in [2.05, 4.69) is 26.2 Å². The first-order chi connectivity index (χ1) is 11.1. The number of nitrogens with zero attached hydrogens (tertiary/aromatic N) is 1. The molecule has 0 aliphatic heterocycles. The normalized spacial score (nSPS) is 10.5. The molecule has 0 bridgehead atoms. The Kier molecular flexibility index (Phi) is 4.78. The number of hydrogen-bond donors (Lipinski definition) is 1. The van der Waals surface area contributed by atoms with Crippen LogP contribution in [-0.2, 0) is 4.79 Å². The number of ether oxygens (including phenoxy) is 2. The summed E-state index contributed by atoms with van der Waals surface area (Å²) in [5.74, 6) is 1.14. The zero-order valence-electron chi connectivity index (χ0n) is 12.2. The number of carbonyl (C=O) groups is 1. The summed E-state index contributed by atoms with van der Waals surface area (Å²) in [4.78, 5) is 16.3. The maximum atomic E-state index is 12.0. The number of fused-ring (bicyclic) bond motifs is 1.